The second-order valence-corrected chi connectivity index (χ2v) is 12.4. The van der Waals surface area contributed by atoms with Crippen molar-refractivity contribution in [2.75, 3.05) is 37.4 Å². The van der Waals surface area contributed by atoms with Crippen molar-refractivity contribution in [3.05, 3.63) is 10.6 Å². The van der Waals surface area contributed by atoms with Gasteiger partial charge in [-0.25, -0.2) is 4.79 Å². The molecule has 8 nitrogen and oxygen atoms in total. The summed E-state index contributed by atoms with van der Waals surface area (Å²) in [4.78, 5) is 41.3. The van der Waals surface area contributed by atoms with Crippen LogP contribution in [0.25, 0.3) is 0 Å². The molecule has 3 saturated heterocycles. The van der Waals surface area contributed by atoms with Crippen LogP contribution in [-0.4, -0.2) is 98.6 Å². The fraction of sp³-hybridized carbons (Fsp3) is 0.750. The summed E-state index contributed by atoms with van der Waals surface area (Å²) in [6.45, 7) is 5.78. The Hall–Kier alpha value is -1.23. The number of aliphatic hydroxyl groups excluding tert-OH is 1. The van der Waals surface area contributed by atoms with Gasteiger partial charge in [0, 0.05) is 22.6 Å². The van der Waals surface area contributed by atoms with Gasteiger partial charge in [0.1, 0.15) is 17.2 Å². The van der Waals surface area contributed by atoms with Crippen LogP contribution < -0.4 is 5.32 Å². The first-order valence-corrected chi connectivity index (χ1v) is 13.3. The third-order valence-corrected chi connectivity index (χ3v) is 9.99. The minimum Gasteiger partial charge on any atom is -0.477 e. The van der Waals surface area contributed by atoms with Gasteiger partial charge in [-0.05, 0) is 24.2 Å². The minimum absolute atomic E-state index is 0.0557. The van der Waals surface area contributed by atoms with E-state index in [-0.39, 0.29) is 40.8 Å². The molecule has 3 N–H and O–H groups in total. The van der Waals surface area contributed by atoms with Crippen LogP contribution in [0.5, 0.6) is 0 Å². The van der Waals surface area contributed by atoms with Crippen LogP contribution in [0.4, 0.5) is 0 Å². The first-order chi connectivity index (χ1) is 14.2. The molecular weight excluding hydrogens is 426 g/mol. The first kappa shape index (κ1) is 22.0. The van der Waals surface area contributed by atoms with E-state index in [1.807, 2.05) is 11.8 Å². The zero-order valence-electron chi connectivity index (χ0n) is 17.5. The lowest BCUT2D eigenvalue weighted by Crippen LogP contribution is -2.63. The van der Waals surface area contributed by atoms with Gasteiger partial charge < -0.3 is 25.3 Å². The molecule has 3 fully saturated rings. The third kappa shape index (κ3) is 3.65. The zero-order valence-corrected chi connectivity index (χ0v) is 19.2. The number of carbonyl (C=O) groups excluding carboxylic acids is 2. The van der Waals surface area contributed by atoms with Crippen molar-refractivity contribution < 1.29 is 24.6 Å². The van der Waals surface area contributed by atoms with Crippen molar-refractivity contribution in [1.82, 2.24) is 15.1 Å². The van der Waals surface area contributed by atoms with Crippen LogP contribution in [0.15, 0.2) is 10.6 Å². The highest BCUT2D eigenvalue weighted by Crippen LogP contribution is 2.51. The summed E-state index contributed by atoms with van der Waals surface area (Å²) < 4.78 is 0. The van der Waals surface area contributed by atoms with Gasteiger partial charge in [-0.15, -0.1) is 11.8 Å². The largest absolute Gasteiger partial charge is 0.477 e. The number of β-lactam (4-membered cyclic amide) rings is 1. The van der Waals surface area contributed by atoms with Gasteiger partial charge >= 0.3 is 5.97 Å². The van der Waals surface area contributed by atoms with E-state index in [4.69, 9.17) is 0 Å². The SMILES string of the molecule is C[C@@H]1C(S[C@@H]2CN[C@H](C(=O)N3CC[S+](C)CC3)C2)=C(C(=O)O)N2C(=O)[C@H]([C@@H](C)O)[C@@H]12. The monoisotopic (exact) mass is 456 g/mol. The molecule has 0 bridgehead atoms. The van der Waals surface area contributed by atoms with Crippen LogP contribution in [-0.2, 0) is 25.3 Å². The predicted molar refractivity (Wildman–Crippen MR) is 117 cm³/mol. The molecule has 10 heteroatoms. The molecule has 0 saturated carbocycles. The molecule has 0 aromatic carbocycles. The van der Waals surface area contributed by atoms with E-state index < -0.39 is 18.0 Å². The number of thioether (sulfide) groups is 1. The van der Waals surface area contributed by atoms with Crippen molar-refractivity contribution >= 4 is 40.4 Å². The fourth-order valence-electron chi connectivity index (χ4n) is 5.03. The first-order valence-electron chi connectivity index (χ1n) is 10.5. The summed E-state index contributed by atoms with van der Waals surface area (Å²) >= 11 is 1.48. The minimum atomic E-state index is -1.11. The smallest absolute Gasteiger partial charge is 0.353 e. The zero-order chi connectivity index (χ0) is 21.7. The second-order valence-electron chi connectivity index (χ2n) is 8.72. The maximum atomic E-state index is 12.9. The Morgan fingerprint density at radius 2 is 1.97 bits per heavy atom. The lowest BCUT2D eigenvalue weighted by molar-refractivity contribution is -0.163. The molecule has 4 rings (SSSR count). The number of carboxylic acids is 1. The molecule has 6 atom stereocenters. The van der Waals surface area contributed by atoms with E-state index in [2.05, 4.69) is 11.6 Å². The van der Waals surface area contributed by atoms with Crippen LogP contribution in [0.2, 0.25) is 0 Å². The Morgan fingerprint density at radius 1 is 1.30 bits per heavy atom. The van der Waals surface area contributed by atoms with E-state index in [1.165, 1.54) is 16.7 Å². The summed E-state index contributed by atoms with van der Waals surface area (Å²) in [5, 5.41) is 23.1. The fourth-order valence-corrected chi connectivity index (χ4v) is 7.77. The average molecular weight is 457 g/mol. The van der Waals surface area contributed by atoms with Crippen molar-refractivity contribution in [3.63, 3.8) is 0 Å². The molecule has 0 aliphatic carbocycles. The molecule has 2 amide bonds. The quantitative estimate of drug-likeness (QED) is 0.385. The van der Waals surface area contributed by atoms with E-state index in [9.17, 15) is 24.6 Å². The number of aliphatic carboxylic acids is 1. The number of amides is 2. The summed E-state index contributed by atoms with van der Waals surface area (Å²) in [5.74, 6) is 0.175. The van der Waals surface area contributed by atoms with Crippen molar-refractivity contribution in [3.8, 4) is 0 Å². The average Bonchev–Trinajstić information content (AvgIpc) is 3.24. The van der Waals surface area contributed by atoms with Crippen LogP contribution in [0, 0.1) is 11.8 Å². The lowest BCUT2D eigenvalue weighted by atomic mass is 9.79. The predicted octanol–water partition coefficient (Wildman–Crippen LogP) is -0.306. The Labute approximate surface area is 183 Å². The summed E-state index contributed by atoms with van der Waals surface area (Å²) in [5.41, 5.74) is 0.0557. The number of fused-ring (bicyclic) bond motifs is 1. The maximum absolute atomic E-state index is 12.9. The molecule has 0 spiro atoms. The summed E-state index contributed by atoms with van der Waals surface area (Å²) in [7, 11) is 0.408. The van der Waals surface area contributed by atoms with Crippen LogP contribution >= 0.6 is 11.8 Å². The Morgan fingerprint density at radius 3 is 2.57 bits per heavy atom. The van der Waals surface area contributed by atoms with E-state index in [1.54, 1.807) is 6.92 Å². The Balaban J connectivity index is 1.43. The van der Waals surface area contributed by atoms with Gasteiger partial charge in [-0.3, -0.25) is 9.59 Å². The number of nitrogens with one attached hydrogen (secondary N) is 1. The topological polar surface area (TPSA) is 110 Å². The van der Waals surface area contributed by atoms with Crippen molar-refractivity contribution in [1.29, 1.82) is 0 Å². The Kier molecular flexibility index (Phi) is 6.13. The number of carbonyl (C=O) groups is 3. The summed E-state index contributed by atoms with van der Waals surface area (Å²) in [6.07, 6.45) is 2.09. The van der Waals surface area contributed by atoms with Crippen molar-refractivity contribution in [2.24, 2.45) is 11.8 Å². The molecule has 0 radical (unpaired) electrons. The molecule has 166 valence electrons. The molecule has 4 heterocycles. The van der Waals surface area contributed by atoms with E-state index in [0.717, 1.165) is 24.6 Å². The van der Waals surface area contributed by atoms with E-state index in [0.29, 0.717) is 28.8 Å². The number of nitrogens with zero attached hydrogens (tertiary/aromatic N) is 2. The van der Waals surface area contributed by atoms with E-state index >= 15 is 0 Å². The normalized spacial score (nSPS) is 35.5. The number of carboxylic acid groups (broad SMARTS) is 1. The Bertz CT molecular complexity index is 780. The summed E-state index contributed by atoms with van der Waals surface area (Å²) in [6, 6.07) is -0.525. The number of rotatable bonds is 5. The molecule has 0 aromatic rings. The van der Waals surface area contributed by atoms with Gasteiger partial charge in [0.15, 0.2) is 0 Å². The molecule has 4 aliphatic rings. The van der Waals surface area contributed by atoms with Gasteiger partial charge in [-0.1, -0.05) is 6.92 Å². The van der Waals surface area contributed by atoms with Gasteiger partial charge in [0.2, 0.25) is 11.8 Å². The molecule has 30 heavy (non-hydrogen) atoms. The maximum Gasteiger partial charge on any atom is 0.353 e. The van der Waals surface area contributed by atoms with Gasteiger partial charge in [-0.2, -0.15) is 0 Å². The van der Waals surface area contributed by atoms with Crippen LogP contribution in [0.1, 0.15) is 20.3 Å². The number of hydrogen-bond acceptors (Lipinski definition) is 6. The standard InChI is InChI=1S/C20H29N3O5S2/c1-10-15-14(11(2)24)19(26)23(15)16(20(27)28)17(10)29-12-8-13(21-9-12)18(25)22-4-6-30(3)7-5-22/h10-15,21,24H,4-9H2,1-3H3/p+1/t10-,11+,12-,13-,14+,15+/m0/s1. The number of hydrogen-bond donors (Lipinski definition) is 3. The van der Waals surface area contributed by atoms with Gasteiger partial charge in [0.05, 0.1) is 43.5 Å². The molecule has 0 aromatic heterocycles. The van der Waals surface area contributed by atoms with Crippen LogP contribution in [0.3, 0.4) is 0 Å². The van der Waals surface area contributed by atoms with Gasteiger partial charge in [0.25, 0.3) is 0 Å². The van der Waals surface area contributed by atoms with Crippen molar-refractivity contribution in [2.45, 2.75) is 43.7 Å². The highest BCUT2D eigenvalue weighted by atomic mass is 32.2. The lowest BCUT2D eigenvalue weighted by Gasteiger charge is -2.46. The highest BCUT2D eigenvalue weighted by molar-refractivity contribution is 8.03. The molecular formula is C20H30N3O5S2+. The molecule has 0 unspecified atom stereocenters. The third-order valence-electron chi connectivity index (χ3n) is 6.72. The number of aliphatic hydroxyl groups is 1. The second kappa shape index (κ2) is 8.37. The molecule has 4 aliphatic heterocycles. The highest BCUT2D eigenvalue weighted by Gasteiger charge is 2.60.